The number of esters is 1. The van der Waals surface area contributed by atoms with Crippen molar-refractivity contribution < 1.29 is 23.8 Å². The summed E-state index contributed by atoms with van der Waals surface area (Å²) in [5.41, 5.74) is 1.20. The Kier molecular flexibility index (Phi) is 6.35. The molecule has 0 spiro atoms. The van der Waals surface area contributed by atoms with E-state index >= 15 is 0 Å². The smallest absolute Gasteiger partial charge is 0.325 e. The van der Waals surface area contributed by atoms with Crippen molar-refractivity contribution in [2.75, 3.05) is 21.3 Å². The Hall–Kier alpha value is -2.40. The molecule has 0 radical (unpaired) electrons. The highest BCUT2D eigenvalue weighted by atomic mass is 127. The van der Waals surface area contributed by atoms with E-state index in [2.05, 4.69) is 27.6 Å². The molecule has 0 aliphatic carbocycles. The summed E-state index contributed by atoms with van der Waals surface area (Å²) in [6.45, 7) is -0.0794. The molecule has 1 aromatic heterocycles. The summed E-state index contributed by atoms with van der Waals surface area (Å²) in [5, 5.41) is 0. The van der Waals surface area contributed by atoms with Crippen LogP contribution in [0.15, 0.2) is 41.4 Å². The predicted octanol–water partition coefficient (Wildman–Crippen LogP) is 3.24. The van der Waals surface area contributed by atoms with Crippen LogP contribution in [0.3, 0.4) is 0 Å². The van der Waals surface area contributed by atoms with E-state index in [9.17, 15) is 9.59 Å². The molecule has 9 heteroatoms. The first-order valence-corrected chi connectivity index (χ1v) is 10.0. The third-order valence-corrected chi connectivity index (χ3v) is 5.99. The van der Waals surface area contributed by atoms with Gasteiger partial charge in [0.25, 0.3) is 5.91 Å². The lowest BCUT2D eigenvalue weighted by atomic mass is 10.2. The second-order valence-electron chi connectivity index (χ2n) is 5.62. The lowest BCUT2D eigenvalue weighted by Crippen LogP contribution is -2.22. The summed E-state index contributed by atoms with van der Waals surface area (Å²) in [6.07, 6.45) is 0. The lowest BCUT2D eigenvalue weighted by Gasteiger charge is -2.09. The van der Waals surface area contributed by atoms with Gasteiger partial charge in [0.2, 0.25) is 0 Å². The molecule has 0 N–H and O–H groups in total. The predicted molar refractivity (Wildman–Crippen MR) is 114 cm³/mol. The van der Waals surface area contributed by atoms with Gasteiger partial charge in [-0.25, -0.2) is 0 Å². The van der Waals surface area contributed by atoms with Crippen LogP contribution in [-0.2, 0) is 16.1 Å². The van der Waals surface area contributed by atoms with Crippen molar-refractivity contribution in [3.63, 3.8) is 0 Å². The number of thiazole rings is 1. The Morgan fingerprint density at radius 1 is 1.11 bits per heavy atom. The van der Waals surface area contributed by atoms with Gasteiger partial charge in [-0.1, -0.05) is 23.5 Å². The minimum atomic E-state index is -0.447. The fourth-order valence-corrected chi connectivity index (χ4v) is 4.27. The van der Waals surface area contributed by atoms with Gasteiger partial charge in [-0.05, 0) is 34.7 Å². The van der Waals surface area contributed by atoms with Crippen LogP contribution in [0.5, 0.6) is 11.5 Å². The van der Waals surface area contributed by atoms with Gasteiger partial charge in [0.15, 0.2) is 16.3 Å². The van der Waals surface area contributed by atoms with E-state index < -0.39 is 5.97 Å². The molecule has 0 aliphatic rings. The van der Waals surface area contributed by atoms with Crippen LogP contribution in [0.4, 0.5) is 0 Å². The van der Waals surface area contributed by atoms with E-state index in [-0.39, 0.29) is 12.5 Å². The number of hydrogen-bond acceptors (Lipinski definition) is 6. The monoisotopic (exact) mass is 512 g/mol. The van der Waals surface area contributed by atoms with Gasteiger partial charge in [-0.2, -0.15) is 4.99 Å². The molecule has 3 rings (SSSR count). The maximum Gasteiger partial charge on any atom is 0.325 e. The number of nitrogens with zero attached hydrogens (tertiary/aromatic N) is 2. The lowest BCUT2D eigenvalue weighted by molar-refractivity contribution is -0.141. The quantitative estimate of drug-likeness (QED) is 0.388. The van der Waals surface area contributed by atoms with Gasteiger partial charge in [0, 0.05) is 15.7 Å². The molecular weight excluding hydrogens is 495 g/mol. The number of amides is 1. The number of ether oxygens (including phenoxy) is 3. The minimum Gasteiger partial charge on any atom is -0.493 e. The van der Waals surface area contributed by atoms with Gasteiger partial charge in [-0.15, -0.1) is 0 Å². The van der Waals surface area contributed by atoms with Crippen LogP contribution in [0.25, 0.3) is 10.2 Å². The minimum absolute atomic E-state index is 0.0794. The number of benzene rings is 2. The number of carbonyl (C=O) groups excluding carboxylic acids is 2. The second-order valence-corrected chi connectivity index (χ2v) is 7.79. The van der Waals surface area contributed by atoms with Crippen LogP contribution in [0, 0.1) is 3.57 Å². The Balaban J connectivity index is 2.22. The highest BCUT2D eigenvalue weighted by Gasteiger charge is 2.16. The molecule has 0 bridgehead atoms. The van der Waals surface area contributed by atoms with Crippen molar-refractivity contribution in [3.05, 3.63) is 50.3 Å². The fourth-order valence-electron chi connectivity index (χ4n) is 2.61. The Morgan fingerprint density at radius 2 is 1.79 bits per heavy atom. The van der Waals surface area contributed by atoms with Crippen molar-refractivity contribution in [2.24, 2.45) is 4.99 Å². The second kappa shape index (κ2) is 8.74. The van der Waals surface area contributed by atoms with E-state index in [1.165, 1.54) is 25.6 Å². The van der Waals surface area contributed by atoms with Crippen molar-refractivity contribution in [3.8, 4) is 11.5 Å². The third-order valence-electron chi connectivity index (χ3n) is 4.00. The summed E-state index contributed by atoms with van der Waals surface area (Å²) in [7, 11) is 4.40. The first-order chi connectivity index (χ1) is 13.5. The molecular formula is C19H17IN2O5S. The summed E-state index contributed by atoms with van der Waals surface area (Å²) in [5.74, 6) is 0.241. The first-order valence-electron chi connectivity index (χ1n) is 8.14. The summed E-state index contributed by atoms with van der Waals surface area (Å²) >= 11 is 3.38. The van der Waals surface area contributed by atoms with E-state index in [0.29, 0.717) is 27.4 Å². The molecule has 0 saturated heterocycles. The molecule has 28 heavy (non-hydrogen) atoms. The normalized spacial score (nSPS) is 11.5. The zero-order valence-corrected chi connectivity index (χ0v) is 18.4. The van der Waals surface area contributed by atoms with Crippen LogP contribution in [0.1, 0.15) is 10.4 Å². The van der Waals surface area contributed by atoms with Crippen molar-refractivity contribution >= 4 is 56.0 Å². The van der Waals surface area contributed by atoms with E-state index in [1.807, 2.05) is 12.1 Å². The Bertz CT molecular complexity index is 1120. The number of halogens is 1. The van der Waals surface area contributed by atoms with Gasteiger partial charge in [0.1, 0.15) is 6.54 Å². The average molecular weight is 512 g/mol. The average Bonchev–Trinajstić information content (AvgIpc) is 3.02. The molecule has 2 aromatic carbocycles. The Labute approximate surface area is 178 Å². The van der Waals surface area contributed by atoms with Crippen LogP contribution >= 0.6 is 33.9 Å². The molecule has 0 aliphatic heterocycles. The van der Waals surface area contributed by atoms with Crippen LogP contribution in [0.2, 0.25) is 0 Å². The Morgan fingerprint density at radius 3 is 2.43 bits per heavy atom. The fraction of sp³-hybridized carbons (Fsp3) is 0.211. The molecule has 0 unspecified atom stereocenters. The van der Waals surface area contributed by atoms with Crippen molar-refractivity contribution in [2.45, 2.75) is 6.54 Å². The van der Waals surface area contributed by atoms with Gasteiger partial charge >= 0.3 is 5.97 Å². The molecule has 146 valence electrons. The van der Waals surface area contributed by atoms with Gasteiger partial charge in [0.05, 0.1) is 37.1 Å². The summed E-state index contributed by atoms with van der Waals surface area (Å²) in [6, 6.07) is 10.7. The number of methoxy groups -OCH3 is 3. The maximum absolute atomic E-state index is 12.7. The molecule has 0 fully saturated rings. The van der Waals surface area contributed by atoms with Gasteiger partial charge < -0.3 is 18.8 Å². The largest absolute Gasteiger partial charge is 0.493 e. The van der Waals surface area contributed by atoms with Crippen molar-refractivity contribution in [1.29, 1.82) is 0 Å². The number of fused-ring (bicyclic) bond motifs is 1. The number of hydrogen-bond donors (Lipinski definition) is 0. The number of carbonyl (C=O) groups is 2. The summed E-state index contributed by atoms with van der Waals surface area (Å²) in [4.78, 5) is 29.3. The van der Waals surface area contributed by atoms with E-state index in [4.69, 9.17) is 14.2 Å². The van der Waals surface area contributed by atoms with Gasteiger partial charge in [-0.3, -0.25) is 9.59 Å². The van der Waals surface area contributed by atoms with Crippen molar-refractivity contribution in [1.82, 2.24) is 4.57 Å². The SMILES string of the molecule is COC(=O)Cn1c(=NC(=O)c2ccccc2I)sc2cc(OC)c(OC)cc21. The molecule has 3 aromatic rings. The molecule has 1 amide bonds. The molecule has 1 heterocycles. The number of aromatic nitrogens is 1. The molecule has 7 nitrogen and oxygen atoms in total. The molecule has 0 saturated carbocycles. The zero-order chi connectivity index (χ0) is 20.3. The highest BCUT2D eigenvalue weighted by molar-refractivity contribution is 14.1. The highest BCUT2D eigenvalue weighted by Crippen LogP contribution is 2.33. The topological polar surface area (TPSA) is 79.1 Å². The zero-order valence-electron chi connectivity index (χ0n) is 15.4. The van der Waals surface area contributed by atoms with E-state index in [1.54, 1.807) is 35.9 Å². The maximum atomic E-state index is 12.7. The third kappa shape index (κ3) is 4.04. The van der Waals surface area contributed by atoms with Crippen LogP contribution in [-0.4, -0.2) is 37.8 Å². The van der Waals surface area contributed by atoms with Crippen LogP contribution < -0.4 is 14.3 Å². The molecule has 0 atom stereocenters. The summed E-state index contributed by atoms with van der Waals surface area (Å²) < 4.78 is 18.7. The van der Waals surface area contributed by atoms with E-state index in [0.717, 1.165) is 8.27 Å². The standard InChI is InChI=1S/C19H17IN2O5S/c1-25-14-8-13-16(9-15(14)26-2)28-19(22(13)10-17(23)27-3)21-18(24)11-6-4-5-7-12(11)20/h4-9H,10H2,1-3H3. The number of rotatable bonds is 5. The first kappa shape index (κ1) is 20.3.